The van der Waals surface area contributed by atoms with Crippen LogP contribution in [0, 0.1) is 5.41 Å². The van der Waals surface area contributed by atoms with Crippen LogP contribution < -0.4 is 10.1 Å². The van der Waals surface area contributed by atoms with Crippen molar-refractivity contribution >= 4 is 5.69 Å². The quantitative estimate of drug-likeness (QED) is 0.842. The highest BCUT2D eigenvalue weighted by Crippen LogP contribution is 2.27. The molecule has 1 fully saturated rings. The summed E-state index contributed by atoms with van der Waals surface area (Å²) in [5, 5.41) is 12.4. The van der Waals surface area contributed by atoms with Crippen LogP contribution in [0.4, 0.5) is 18.9 Å². The van der Waals surface area contributed by atoms with Gasteiger partial charge in [0.05, 0.1) is 25.2 Å². The molecule has 0 bridgehead atoms. The zero-order valence-corrected chi connectivity index (χ0v) is 10.7. The minimum atomic E-state index is -4.34. The van der Waals surface area contributed by atoms with Crippen LogP contribution in [0.25, 0.3) is 0 Å². The summed E-state index contributed by atoms with van der Waals surface area (Å²) in [6.07, 6.45) is -4.34. The van der Waals surface area contributed by atoms with Crippen LogP contribution in [0.5, 0.6) is 5.75 Å². The molecule has 1 saturated heterocycles. The number of aliphatic hydroxyl groups excluding tert-OH is 1. The molecular formula is C13H16F3NO3. The molecule has 1 heterocycles. The van der Waals surface area contributed by atoms with Crippen LogP contribution in [-0.2, 0) is 4.74 Å². The molecule has 0 unspecified atom stereocenters. The highest BCUT2D eigenvalue weighted by atomic mass is 19.4. The smallest absolute Gasteiger partial charge is 0.422 e. The fourth-order valence-corrected chi connectivity index (χ4v) is 1.76. The Morgan fingerprint density at radius 1 is 1.25 bits per heavy atom. The van der Waals surface area contributed by atoms with Gasteiger partial charge in [-0.05, 0) is 24.3 Å². The van der Waals surface area contributed by atoms with Gasteiger partial charge in [-0.25, -0.2) is 0 Å². The molecule has 1 aromatic carbocycles. The van der Waals surface area contributed by atoms with Crippen LogP contribution in [0.15, 0.2) is 24.3 Å². The zero-order valence-electron chi connectivity index (χ0n) is 10.7. The van der Waals surface area contributed by atoms with Crippen LogP contribution in [0.2, 0.25) is 0 Å². The van der Waals surface area contributed by atoms with Gasteiger partial charge in [0.15, 0.2) is 6.61 Å². The first-order valence-corrected chi connectivity index (χ1v) is 6.15. The van der Waals surface area contributed by atoms with Gasteiger partial charge in [0.2, 0.25) is 0 Å². The summed E-state index contributed by atoms with van der Waals surface area (Å²) in [6.45, 7) is 0.288. The minimum absolute atomic E-state index is 0.0345. The number of hydrogen-bond donors (Lipinski definition) is 2. The first-order valence-electron chi connectivity index (χ1n) is 6.15. The van der Waals surface area contributed by atoms with Crippen molar-refractivity contribution in [2.45, 2.75) is 6.18 Å². The Hall–Kier alpha value is -1.47. The minimum Gasteiger partial charge on any atom is -0.484 e. The molecular weight excluding hydrogens is 275 g/mol. The molecule has 0 saturated carbocycles. The lowest BCUT2D eigenvalue weighted by molar-refractivity contribution is -0.153. The van der Waals surface area contributed by atoms with Crippen LogP contribution >= 0.6 is 0 Å². The van der Waals surface area contributed by atoms with E-state index in [2.05, 4.69) is 10.1 Å². The maximum atomic E-state index is 12.0. The van der Waals surface area contributed by atoms with E-state index in [4.69, 9.17) is 4.74 Å². The molecule has 4 nitrogen and oxygen atoms in total. The molecule has 1 aliphatic rings. The van der Waals surface area contributed by atoms with Crippen molar-refractivity contribution < 1.29 is 27.8 Å². The van der Waals surface area contributed by atoms with E-state index in [-0.39, 0.29) is 17.8 Å². The van der Waals surface area contributed by atoms with Crippen molar-refractivity contribution in [3.63, 3.8) is 0 Å². The van der Waals surface area contributed by atoms with E-state index in [9.17, 15) is 18.3 Å². The monoisotopic (exact) mass is 291 g/mol. The van der Waals surface area contributed by atoms with Crippen molar-refractivity contribution in [2.24, 2.45) is 5.41 Å². The van der Waals surface area contributed by atoms with Gasteiger partial charge in [0, 0.05) is 12.2 Å². The fraction of sp³-hybridized carbons (Fsp3) is 0.538. The third-order valence-corrected chi connectivity index (χ3v) is 3.08. The van der Waals surface area contributed by atoms with E-state index in [0.29, 0.717) is 19.8 Å². The van der Waals surface area contributed by atoms with Crippen molar-refractivity contribution in [3.8, 4) is 5.75 Å². The highest BCUT2D eigenvalue weighted by Gasteiger charge is 2.37. The predicted octanol–water partition coefficient (Wildman–Crippen LogP) is 2.05. The molecule has 0 aliphatic carbocycles. The third kappa shape index (κ3) is 4.01. The summed E-state index contributed by atoms with van der Waals surface area (Å²) >= 11 is 0. The van der Waals surface area contributed by atoms with E-state index in [1.165, 1.54) is 12.1 Å². The van der Waals surface area contributed by atoms with Gasteiger partial charge < -0.3 is 19.9 Å². The normalized spacial score (nSPS) is 17.4. The first-order chi connectivity index (χ1) is 9.42. The Kier molecular flexibility index (Phi) is 4.39. The second kappa shape index (κ2) is 5.88. The van der Waals surface area contributed by atoms with E-state index in [1.54, 1.807) is 12.1 Å². The van der Waals surface area contributed by atoms with Gasteiger partial charge in [0.1, 0.15) is 5.75 Å². The Balaban J connectivity index is 1.82. The van der Waals surface area contributed by atoms with Gasteiger partial charge in [0.25, 0.3) is 0 Å². The number of hydrogen-bond acceptors (Lipinski definition) is 4. The van der Waals surface area contributed by atoms with E-state index >= 15 is 0 Å². The predicted molar refractivity (Wildman–Crippen MR) is 66.8 cm³/mol. The Bertz CT molecular complexity index is 424. The molecule has 1 aromatic rings. The second-order valence-corrected chi connectivity index (χ2v) is 4.93. The van der Waals surface area contributed by atoms with Gasteiger partial charge in [-0.2, -0.15) is 13.2 Å². The van der Waals surface area contributed by atoms with Crippen LogP contribution in [-0.4, -0.2) is 44.3 Å². The third-order valence-electron chi connectivity index (χ3n) is 3.08. The number of benzene rings is 1. The number of halogens is 3. The maximum Gasteiger partial charge on any atom is 0.422 e. The van der Waals surface area contributed by atoms with Crippen molar-refractivity contribution in [3.05, 3.63) is 24.3 Å². The molecule has 7 heteroatoms. The molecule has 20 heavy (non-hydrogen) atoms. The highest BCUT2D eigenvalue weighted by molar-refractivity contribution is 5.46. The standard InChI is InChI=1S/C13H16F3NO3/c14-13(15,16)9-20-11-3-1-10(2-4-11)17-5-12(6-18)7-19-8-12/h1-4,17-18H,5-9H2. The number of rotatable bonds is 6. The molecule has 0 spiro atoms. The summed E-state index contributed by atoms with van der Waals surface area (Å²) in [6, 6.07) is 6.21. The number of alkyl halides is 3. The van der Waals surface area contributed by atoms with Gasteiger partial charge in [-0.3, -0.25) is 0 Å². The molecule has 112 valence electrons. The first kappa shape index (κ1) is 14.9. The molecule has 0 atom stereocenters. The van der Waals surface area contributed by atoms with E-state index < -0.39 is 12.8 Å². The Labute approximate surface area is 114 Å². The Morgan fingerprint density at radius 3 is 2.35 bits per heavy atom. The largest absolute Gasteiger partial charge is 0.484 e. The SMILES string of the molecule is OCC1(CNc2ccc(OCC(F)(F)F)cc2)COC1. The van der Waals surface area contributed by atoms with Crippen LogP contribution in [0.3, 0.4) is 0 Å². The number of nitrogens with one attached hydrogen (secondary N) is 1. The summed E-state index contributed by atoms with van der Waals surface area (Å²) < 4.78 is 45.6. The molecule has 2 N–H and O–H groups in total. The molecule has 0 radical (unpaired) electrons. The van der Waals surface area contributed by atoms with E-state index in [0.717, 1.165) is 5.69 Å². The molecule has 0 aromatic heterocycles. The lowest BCUT2D eigenvalue weighted by Gasteiger charge is -2.40. The number of aliphatic hydroxyl groups is 1. The molecule has 0 amide bonds. The summed E-state index contributed by atoms with van der Waals surface area (Å²) in [5.41, 5.74) is 0.495. The Morgan fingerprint density at radius 2 is 1.90 bits per heavy atom. The van der Waals surface area contributed by atoms with Gasteiger partial charge >= 0.3 is 6.18 Å². The average molecular weight is 291 g/mol. The second-order valence-electron chi connectivity index (χ2n) is 4.93. The van der Waals surface area contributed by atoms with Crippen molar-refractivity contribution in [2.75, 3.05) is 38.3 Å². The van der Waals surface area contributed by atoms with Crippen molar-refractivity contribution in [1.82, 2.24) is 0 Å². The van der Waals surface area contributed by atoms with Crippen molar-refractivity contribution in [1.29, 1.82) is 0 Å². The topological polar surface area (TPSA) is 50.7 Å². The summed E-state index contributed by atoms with van der Waals surface area (Å²) in [5.74, 6) is 0.164. The zero-order chi connectivity index (χ0) is 14.6. The summed E-state index contributed by atoms with van der Waals surface area (Å²) in [7, 11) is 0. The molecule has 1 aliphatic heterocycles. The fourth-order valence-electron chi connectivity index (χ4n) is 1.76. The number of anilines is 1. The van der Waals surface area contributed by atoms with Crippen LogP contribution in [0.1, 0.15) is 0 Å². The average Bonchev–Trinajstić information content (AvgIpc) is 2.36. The van der Waals surface area contributed by atoms with Gasteiger partial charge in [-0.15, -0.1) is 0 Å². The molecule has 2 rings (SSSR count). The lowest BCUT2D eigenvalue weighted by atomic mass is 9.87. The van der Waals surface area contributed by atoms with Gasteiger partial charge in [-0.1, -0.05) is 0 Å². The maximum absolute atomic E-state index is 12.0. The van der Waals surface area contributed by atoms with E-state index in [1.807, 2.05) is 0 Å². The summed E-state index contributed by atoms with van der Waals surface area (Å²) in [4.78, 5) is 0. The lowest BCUT2D eigenvalue weighted by Crippen LogP contribution is -2.50. The number of ether oxygens (including phenoxy) is 2.